The van der Waals surface area contributed by atoms with Crippen molar-refractivity contribution < 1.29 is 9.05 Å². The van der Waals surface area contributed by atoms with Crippen molar-refractivity contribution in [3.05, 3.63) is 133 Å². The molecule has 0 radical (unpaired) electrons. The van der Waals surface area contributed by atoms with E-state index in [2.05, 4.69) is 54.6 Å². The van der Waals surface area contributed by atoms with Crippen molar-refractivity contribution in [1.82, 2.24) is 0 Å². The summed E-state index contributed by atoms with van der Waals surface area (Å²) in [6.45, 7) is 0. The molecule has 0 saturated heterocycles. The van der Waals surface area contributed by atoms with E-state index in [1.165, 1.54) is 0 Å². The monoisotopic (exact) mass is 434 g/mol. The van der Waals surface area contributed by atoms with Gasteiger partial charge in [0.05, 0.1) is 5.31 Å². The van der Waals surface area contributed by atoms with Gasteiger partial charge in [-0.05, 0) is 29.7 Å². The summed E-state index contributed by atoms with van der Waals surface area (Å²) in [4.78, 5) is 0. The van der Waals surface area contributed by atoms with E-state index in [-0.39, 0.29) is 0 Å². The Morgan fingerprint density at radius 1 is 0.531 bits per heavy atom. The molecule has 0 bridgehead atoms. The maximum Gasteiger partial charge on any atom is 0.325 e. The molecule has 2 nitrogen and oxygen atoms in total. The van der Waals surface area contributed by atoms with Crippen LogP contribution in [0.25, 0.3) is 22.3 Å². The highest BCUT2D eigenvalue weighted by atomic mass is 31.2. The van der Waals surface area contributed by atoms with Crippen LogP contribution in [0, 0.1) is 0 Å². The molecule has 0 aromatic heterocycles. The van der Waals surface area contributed by atoms with Crippen molar-refractivity contribution in [2.24, 2.45) is 0 Å². The maximum absolute atomic E-state index is 6.60. The zero-order valence-corrected chi connectivity index (χ0v) is 18.5. The van der Waals surface area contributed by atoms with Crippen molar-refractivity contribution in [2.75, 3.05) is 0 Å². The predicted octanol–water partition coefficient (Wildman–Crippen LogP) is 8.63. The van der Waals surface area contributed by atoms with E-state index in [0.717, 1.165) is 45.5 Å². The van der Waals surface area contributed by atoms with Gasteiger partial charge in [0.1, 0.15) is 11.5 Å². The molecule has 156 valence electrons. The van der Waals surface area contributed by atoms with Gasteiger partial charge in [-0.3, -0.25) is 0 Å². The van der Waals surface area contributed by atoms with Crippen LogP contribution in [0.15, 0.2) is 133 Å². The van der Waals surface area contributed by atoms with Gasteiger partial charge in [-0.15, -0.1) is 0 Å². The van der Waals surface area contributed by atoms with Crippen LogP contribution in [0.3, 0.4) is 0 Å². The number of benzene rings is 4. The lowest BCUT2D eigenvalue weighted by Gasteiger charge is -2.22. The molecule has 0 atom stereocenters. The molecule has 0 saturated carbocycles. The molecule has 1 aliphatic rings. The fourth-order valence-corrected chi connectivity index (χ4v) is 5.09. The van der Waals surface area contributed by atoms with Gasteiger partial charge >= 0.3 is 8.38 Å². The average molecular weight is 434 g/mol. The van der Waals surface area contributed by atoms with Gasteiger partial charge < -0.3 is 9.05 Å². The number of allylic oxidation sites excluding steroid dienone is 4. The van der Waals surface area contributed by atoms with Crippen LogP contribution < -0.4 is 9.05 Å². The van der Waals surface area contributed by atoms with Gasteiger partial charge in [-0.2, -0.15) is 0 Å². The van der Waals surface area contributed by atoms with Crippen molar-refractivity contribution in [3.63, 3.8) is 0 Å². The molecule has 0 aliphatic heterocycles. The Labute approximate surface area is 190 Å². The highest BCUT2D eigenvalue weighted by Gasteiger charge is 2.23. The quantitative estimate of drug-likeness (QED) is 0.271. The van der Waals surface area contributed by atoms with Gasteiger partial charge in [-0.1, -0.05) is 115 Å². The molecule has 5 rings (SSSR count). The summed E-state index contributed by atoms with van der Waals surface area (Å²) in [6, 6.07) is 37.0. The second kappa shape index (κ2) is 9.68. The average Bonchev–Trinajstić information content (AvgIpc) is 3.41. The van der Waals surface area contributed by atoms with E-state index in [9.17, 15) is 0 Å². The van der Waals surface area contributed by atoms with E-state index in [1.807, 2.05) is 72.8 Å². The van der Waals surface area contributed by atoms with E-state index < -0.39 is 8.38 Å². The summed E-state index contributed by atoms with van der Waals surface area (Å²) < 4.78 is 13.2. The third-order valence-corrected chi connectivity index (χ3v) is 6.75. The zero-order valence-electron chi connectivity index (χ0n) is 17.6. The van der Waals surface area contributed by atoms with Crippen molar-refractivity contribution in [3.8, 4) is 33.8 Å². The van der Waals surface area contributed by atoms with Crippen molar-refractivity contribution >= 4 is 8.38 Å². The lowest BCUT2D eigenvalue weighted by Crippen LogP contribution is -1.99. The highest BCUT2D eigenvalue weighted by molar-refractivity contribution is 7.53. The van der Waals surface area contributed by atoms with E-state index in [1.54, 1.807) is 0 Å². The SMILES string of the molecule is C1=CC(P(Oc2ccccc2-c2ccccc2)Oc2ccccc2-c2ccccc2)=CC1. The molecule has 4 aromatic carbocycles. The summed E-state index contributed by atoms with van der Waals surface area (Å²) >= 11 is 0. The van der Waals surface area contributed by atoms with E-state index in [4.69, 9.17) is 9.05 Å². The van der Waals surface area contributed by atoms with Gasteiger partial charge in [-0.25, -0.2) is 0 Å². The number of hydrogen-bond acceptors (Lipinski definition) is 2. The van der Waals surface area contributed by atoms with E-state index >= 15 is 0 Å². The summed E-state index contributed by atoms with van der Waals surface area (Å²) in [5.41, 5.74) is 4.36. The van der Waals surface area contributed by atoms with Crippen LogP contribution in [0.1, 0.15) is 6.42 Å². The molecule has 3 heteroatoms. The summed E-state index contributed by atoms with van der Waals surface area (Å²) in [5.74, 6) is 1.64. The molecular weight excluding hydrogens is 411 g/mol. The predicted molar refractivity (Wildman–Crippen MR) is 134 cm³/mol. The van der Waals surface area contributed by atoms with Crippen LogP contribution >= 0.6 is 8.38 Å². The number of hydrogen-bond donors (Lipinski definition) is 0. The molecular formula is C29H23O2P. The Morgan fingerprint density at radius 3 is 1.47 bits per heavy atom. The van der Waals surface area contributed by atoms with Crippen LogP contribution in [-0.2, 0) is 0 Å². The number of para-hydroxylation sites is 2. The van der Waals surface area contributed by atoms with Crippen LogP contribution in [0.5, 0.6) is 11.5 Å². The first kappa shape index (κ1) is 20.3. The van der Waals surface area contributed by atoms with Gasteiger partial charge in [0.25, 0.3) is 0 Å². The second-order valence-corrected chi connectivity index (χ2v) is 8.83. The molecule has 4 aromatic rings. The minimum atomic E-state index is -1.35. The first-order valence-electron chi connectivity index (χ1n) is 10.7. The Hall–Kier alpha value is -3.61. The third kappa shape index (κ3) is 4.51. The van der Waals surface area contributed by atoms with Crippen LogP contribution in [-0.4, -0.2) is 0 Å². The topological polar surface area (TPSA) is 18.5 Å². The minimum Gasteiger partial charge on any atom is -0.435 e. The second-order valence-electron chi connectivity index (χ2n) is 7.43. The summed E-state index contributed by atoms with van der Waals surface area (Å²) in [5, 5.41) is 1.09. The smallest absolute Gasteiger partial charge is 0.325 e. The summed E-state index contributed by atoms with van der Waals surface area (Å²) in [7, 11) is -1.35. The molecule has 0 spiro atoms. The fraction of sp³-hybridized carbons (Fsp3) is 0.0345. The Morgan fingerprint density at radius 2 is 1.00 bits per heavy atom. The summed E-state index contributed by atoms with van der Waals surface area (Å²) in [6.07, 6.45) is 7.34. The lowest BCUT2D eigenvalue weighted by molar-refractivity contribution is 0.500. The zero-order chi connectivity index (χ0) is 21.6. The largest absolute Gasteiger partial charge is 0.435 e. The Bertz CT molecular complexity index is 1160. The molecule has 0 heterocycles. The molecule has 0 fully saturated rings. The highest BCUT2D eigenvalue weighted by Crippen LogP contribution is 2.52. The van der Waals surface area contributed by atoms with Crippen molar-refractivity contribution in [1.29, 1.82) is 0 Å². The van der Waals surface area contributed by atoms with Crippen LogP contribution in [0.2, 0.25) is 0 Å². The first-order valence-corrected chi connectivity index (χ1v) is 11.9. The lowest BCUT2D eigenvalue weighted by atomic mass is 10.1. The fourth-order valence-electron chi connectivity index (χ4n) is 3.69. The third-order valence-electron chi connectivity index (χ3n) is 5.27. The number of rotatable bonds is 7. The van der Waals surface area contributed by atoms with Crippen molar-refractivity contribution in [2.45, 2.75) is 6.42 Å². The minimum absolute atomic E-state index is 0.822. The first-order chi connectivity index (χ1) is 15.9. The molecule has 0 amide bonds. The Balaban J connectivity index is 1.50. The standard InChI is InChI=1S/C29H23O2P/c1-3-13-23(14-4-1)26-19-9-11-21-28(26)30-32(25-17-7-8-18-25)31-29-22-12-10-20-27(29)24-15-5-2-6-16-24/h1-7,9-22H,8H2. The maximum atomic E-state index is 6.60. The van der Waals surface area contributed by atoms with E-state index in [0.29, 0.717) is 0 Å². The molecule has 1 aliphatic carbocycles. The molecule has 0 unspecified atom stereocenters. The van der Waals surface area contributed by atoms with Crippen LogP contribution in [0.4, 0.5) is 0 Å². The normalized spacial score (nSPS) is 12.6. The van der Waals surface area contributed by atoms with Gasteiger partial charge in [0.15, 0.2) is 0 Å². The van der Waals surface area contributed by atoms with Gasteiger partial charge in [0, 0.05) is 11.1 Å². The molecule has 0 N–H and O–H groups in total. The molecule has 32 heavy (non-hydrogen) atoms. The van der Waals surface area contributed by atoms with Gasteiger partial charge in [0.2, 0.25) is 0 Å². The Kier molecular flexibility index (Phi) is 6.14.